The Hall–Kier alpha value is -3.02. The maximum absolute atomic E-state index is 12.3. The van der Waals surface area contributed by atoms with Gasteiger partial charge in [0.15, 0.2) is 12.2 Å². The molecule has 164 valence electrons. The van der Waals surface area contributed by atoms with Gasteiger partial charge in [0.1, 0.15) is 11.3 Å². The lowest BCUT2D eigenvalue weighted by molar-refractivity contribution is -0.118. The Bertz CT molecular complexity index is 1270. The minimum absolute atomic E-state index is 0.188. The van der Waals surface area contributed by atoms with Crippen LogP contribution < -0.4 is 10.1 Å². The van der Waals surface area contributed by atoms with Crippen LogP contribution in [0, 0.1) is 0 Å². The van der Waals surface area contributed by atoms with Crippen LogP contribution in [0.2, 0.25) is 10.0 Å². The molecule has 0 saturated heterocycles. The molecule has 0 radical (unpaired) electrons. The van der Waals surface area contributed by atoms with Gasteiger partial charge >= 0.3 is 0 Å². The molecule has 1 N–H and O–H groups in total. The summed E-state index contributed by atoms with van der Waals surface area (Å²) < 4.78 is 11.4. The Balaban J connectivity index is 1.46. The number of amides is 1. The van der Waals surface area contributed by atoms with Gasteiger partial charge in [0.25, 0.3) is 5.91 Å². The number of halogens is 2. The third-order valence-corrected chi connectivity index (χ3v) is 5.77. The Labute approximate surface area is 196 Å². The lowest BCUT2D eigenvalue weighted by Crippen LogP contribution is -2.20. The molecule has 1 atom stereocenters. The number of carbonyl (C=O) groups excluding carboxylic acids is 1. The largest absolute Gasteiger partial charge is 0.482 e. The van der Waals surface area contributed by atoms with Gasteiger partial charge in [0.2, 0.25) is 5.89 Å². The molecule has 32 heavy (non-hydrogen) atoms. The molecule has 1 heterocycles. The molecule has 1 aromatic heterocycles. The summed E-state index contributed by atoms with van der Waals surface area (Å²) in [6, 6.07) is 18.3. The molecular weight excluding hydrogens is 447 g/mol. The summed E-state index contributed by atoms with van der Waals surface area (Å²) in [5, 5.41) is 3.66. The van der Waals surface area contributed by atoms with Gasteiger partial charge in [-0.05, 0) is 66.4 Å². The van der Waals surface area contributed by atoms with Crippen LogP contribution in [0.1, 0.15) is 31.7 Å². The SMILES string of the molecule is CC[C@@H](C)c1ccc2oc(-c3cccc(NC(=O)COc4ccc(Cl)cc4Cl)c3)nc2c1. The van der Waals surface area contributed by atoms with Crippen molar-refractivity contribution in [3.8, 4) is 17.2 Å². The van der Waals surface area contributed by atoms with Crippen LogP contribution in [0.3, 0.4) is 0 Å². The summed E-state index contributed by atoms with van der Waals surface area (Å²) in [4.78, 5) is 17.0. The van der Waals surface area contributed by atoms with E-state index in [0.29, 0.717) is 33.3 Å². The number of ether oxygens (including phenoxy) is 1. The van der Waals surface area contributed by atoms with Gasteiger partial charge in [-0.3, -0.25) is 4.79 Å². The number of anilines is 1. The molecule has 5 nitrogen and oxygen atoms in total. The molecule has 4 aromatic rings. The second-order valence-electron chi connectivity index (χ2n) is 7.55. The molecule has 0 aliphatic rings. The number of hydrogen-bond donors (Lipinski definition) is 1. The molecule has 0 fully saturated rings. The fourth-order valence-electron chi connectivity index (χ4n) is 3.27. The van der Waals surface area contributed by atoms with Crippen LogP contribution in [0.15, 0.2) is 65.1 Å². The topological polar surface area (TPSA) is 64.4 Å². The monoisotopic (exact) mass is 468 g/mol. The van der Waals surface area contributed by atoms with Crippen molar-refractivity contribution in [1.82, 2.24) is 4.98 Å². The summed E-state index contributed by atoms with van der Waals surface area (Å²) in [5.74, 6) is 1.04. The summed E-state index contributed by atoms with van der Waals surface area (Å²) in [7, 11) is 0. The Morgan fingerprint density at radius 1 is 1.12 bits per heavy atom. The molecule has 0 unspecified atom stereocenters. The number of benzene rings is 3. The third-order valence-electron chi connectivity index (χ3n) is 5.24. The van der Waals surface area contributed by atoms with Gasteiger partial charge in [0.05, 0.1) is 5.02 Å². The van der Waals surface area contributed by atoms with Crippen LogP contribution in [-0.4, -0.2) is 17.5 Å². The number of nitrogens with zero attached hydrogens (tertiary/aromatic N) is 1. The number of nitrogens with one attached hydrogen (secondary N) is 1. The molecule has 4 rings (SSSR count). The zero-order valence-electron chi connectivity index (χ0n) is 17.7. The fourth-order valence-corrected chi connectivity index (χ4v) is 3.74. The summed E-state index contributed by atoms with van der Waals surface area (Å²) >= 11 is 11.9. The molecule has 0 bridgehead atoms. The normalized spacial score (nSPS) is 12.0. The van der Waals surface area contributed by atoms with Crippen molar-refractivity contribution < 1.29 is 13.9 Å². The van der Waals surface area contributed by atoms with Crippen LogP contribution in [0.25, 0.3) is 22.6 Å². The van der Waals surface area contributed by atoms with E-state index in [0.717, 1.165) is 23.1 Å². The van der Waals surface area contributed by atoms with Crippen molar-refractivity contribution in [1.29, 1.82) is 0 Å². The number of rotatable bonds is 7. The van der Waals surface area contributed by atoms with Crippen molar-refractivity contribution in [2.45, 2.75) is 26.2 Å². The molecular formula is C25H22Cl2N2O3. The van der Waals surface area contributed by atoms with E-state index in [2.05, 4.69) is 36.3 Å². The molecule has 3 aromatic carbocycles. The number of fused-ring (bicyclic) bond motifs is 1. The summed E-state index contributed by atoms with van der Waals surface area (Å²) in [6.07, 6.45) is 1.06. The number of hydrogen-bond acceptors (Lipinski definition) is 4. The van der Waals surface area contributed by atoms with Gasteiger partial charge in [-0.25, -0.2) is 4.98 Å². The average Bonchev–Trinajstić information content (AvgIpc) is 3.21. The molecule has 0 aliphatic carbocycles. The Morgan fingerprint density at radius 2 is 1.97 bits per heavy atom. The number of oxazole rings is 1. The highest BCUT2D eigenvalue weighted by Gasteiger charge is 2.12. The predicted octanol–water partition coefficient (Wildman–Crippen LogP) is 7.33. The Morgan fingerprint density at radius 3 is 2.75 bits per heavy atom. The number of carbonyl (C=O) groups is 1. The first kappa shape index (κ1) is 22.2. The highest BCUT2D eigenvalue weighted by Crippen LogP contribution is 2.30. The van der Waals surface area contributed by atoms with Gasteiger partial charge in [-0.2, -0.15) is 0 Å². The van der Waals surface area contributed by atoms with Crippen LogP contribution >= 0.6 is 23.2 Å². The molecule has 0 aliphatic heterocycles. The van der Waals surface area contributed by atoms with E-state index in [9.17, 15) is 4.79 Å². The van der Waals surface area contributed by atoms with Gasteiger partial charge in [-0.1, -0.05) is 49.2 Å². The second-order valence-corrected chi connectivity index (χ2v) is 8.39. The highest BCUT2D eigenvalue weighted by atomic mass is 35.5. The van der Waals surface area contributed by atoms with Crippen LogP contribution in [-0.2, 0) is 4.79 Å². The van der Waals surface area contributed by atoms with Crippen molar-refractivity contribution in [2.24, 2.45) is 0 Å². The van der Waals surface area contributed by atoms with E-state index in [4.69, 9.17) is 32.4 Å². The van der Waals surface area contributed by atoms with E-state index in [1.54, 1.807) is 24.3 Å². The molecule has 1 amide bonds. The minimum Gasteiger partial charge on any atom is -0.482 e. The average molecular weight is 469 g/mol. The maximum Gasteiger partial charge on any atom is 0.262 e. The van der Waals surface area contributed by atoms with Gasteiger partial charge < -0.3 is 14.5 Å². The first-order chi connectivity index (χ1) is 15.4. The van der Waals surface area contributed by atoms with Crippen LogP contribution in [0.5, 0.6) is 5.75 Å². The number of aromatic nitrogens is 1. The molecule has 0 spiro atoms. The van der Waals surface area contributed by atoms with Crippen molar-refractivity contribution in [2.75, 3.05) is 11.9 Å². The predicted molar refractivity (Wildman–Crippen MR) is 129 cm³/mol. The van der Waals surface area contributed by atoms with E-state index in [1.807, 2.05) is 24.3 Å². The van der Waals surface area contributed by atoms with E-state index < -0.39 is 0 Å². The summed E-state index contributed by atoms with van der Waals surface area (Å²) in [6.45, 7) is 4.17. The standard InChI is InChI=1S/C25H22Cl2N2O3/c1-3-15(2)16-7-9-23-21(12-16)29-25(32-23)17-5-4-6-19(11-17)28-24(30)14-31-22-10-8-18(26)13-20(22)27/h4-13,15H,3,14H2,1-2H3,(H,28,30)/t15-/m1/s1. The molecule has 0 saturated carbocycles. The van der Waals surface area contributed by atoms with E-state index >= 15 is 0 Å². The quantitative estimate of drug-likeness (QED) is 0.308. The summed E-state index contributed by atoms with van der Waals surface area (Å²) in [5.41, 5.74) is 4.17. The zero-order valence-corrected chi connectivity index (χ0v) is 19.2. The van der Waals surface area contributed by atoms with E-state index in [-0.39, 0.29) is 12.5 Å². The third kappa shape index (κ3) is 5.06. The Kier molecular flexibility index (Phi) is 6.68. The highest BCUT2D eigenvalue weighted by molar-refractivity contribution is 6.35. The maximum atomic E-state index is 12.3. The van der Waals surface area contributed by atoms with Gasteiger partial charge in [-0.15, -0.1) is 0 Å². The van der Waals surface area contributed by atoms with Crippen molar-refractivity contribution >= 4 is 45.9 Å². The second kappa shape index (κ2) is 9.63. The van der Waals surface area contributed by atoms with E-state index in [1.165, 1.54) is 5.56 Å². The lowest BCUT2D eigenvalue weighted by Gasteiger charge is -2.09. The van der Waals surface area contributed by atoms with Gasteiger partial charge in [0, 0.05) is 16.3 Å². The zero-order chi connectivity index (χ0) is 22.7. The fraction of sp³-hybridized carbons (Fsp3) is 0.200. The van der Waals surface area contributed by atoms with Crippen LogP contribution in [0.4, 0.5) is 5.69 Å². The molecule has 7 heteroatoms. The lowest BCUT2D eigenvalue weighted by atomic mass is 9.98. The van der Waals surface area contributed by atoms with Crippen molar-refractivity contribution in [3.05, 3.63) is 76.3 Å². The first-order valence-electron chi connectivity index (χ1n) is 10.3. The smallest absolute Gasteiger partial charge is 0.262 e. The van der Waals surface area contributed by atoms with Crippen molar-refractivity contribution in [3.63, 3.8) is 0 Å². The minimum atomic E-state index is -0.316. The first-order valence-corrected chi connectivity index (χ1v) is 11.1.